The molecule has 5 heteroatoms. The van der Waals surface area contributed by atoms with Gasteiger partial charge in [-0.25, -0.2) is 0 Å². The third-order valence-corrected chi connectivity index (χ3v) is 4.95. The SMILES string of the molecule is N#Cc1ccc(C=CC(=O)N2CCC(C(=O)NCc3ccccc3)CC2)cc1. The van der Waals surface area contributed by atoms with Gasteiger partial charge >= 0.3 is 0 Å². The first-order valence-corrected chi connectivity index (χ1v) is 9.44. The average Bonchev–Trinajstić information content (AvgIpc) is 2.77. The third-order valence-electron chi connectivity index (χ3n) is 4.95. The highest BCUT2D eigenvalue weighted by Gasteiger charge is 2.26. The fraction of sp³-hybridized carbons (Fsp3) is 0.261. The summed E-state index contributed by atoms with van der Waals surface area (Å²) in [6, 6.07) is 19.0. The molecule has 1 saturated heterocycles. The summed E-state index contributed by atoms with van der Waals surface area (Å²) < 4.78 is 0. The molecule has 0 spiro atoms. The van der Waals surface area contributed by atoms with Gasteiger partial charge in [-0.05, 0) is 42.2 Å². The fourth-order valence-corrected chi connectivity index (χ4v) is 3.23. The molecule has 0 atom stereocenters. The second kappa shape index (κ2) is 9.52. The number of hydrogen-bond acceptors (Lipinski definition) is 3. The Kier molecular flexibility index (Phi) is 6.59. The minimum absolute atomic E-state index is 0.0460. The number of rotatable bonds is 5. The third kappa shape index (κ3) is 5.31. The van der Waals surface area contributed by atoms with Gasteiger partial charge in [0, 0.05) is 31.6 Å². The van der Waals surface area contributed by atoms with E-state index in [-0.39, 0.29) is 17.7 Å². The van der Waals surface area contributed by atoms with Crippen molar-refractivity contribution in [2.45, 2.75) is 19.4 Å². The number of nitrogens with one attached hydrogen (secondary N) is 1. The van der Waals surface area contributed by atoms with Crippen LogP contribution in [-0.2, 0) is 16.1 Å². The van der Waals surface area contributed by atoms with Crippen LogP contribution < -0.4 is 5.32 Å². The van der Waals surface area contributed by atoms with E-state index in [9.17, 15) is 9.59 Å². The number of benzene rings is 2. The van der Waals surface area contributed by atoms with Crippen molar-refractivity contribution in [2.75, 3.05) is 13.1 Å². The van der Waals surface area contributed by atoms with E-state index in [0.29, 0.717) is 38.0 Å². The number of hydrogen-bond donors (Lipinski definition) is 1. The Balaban J connectivity index is 1.44. The summed E-state index contributed by atoms with van der Waals surface area (Å²) in [7, 11) is 0. The molecule has 3 rings (SSSR count). The number of carbonyl (C=O) groups excluding carboxylic acids is 2. The van der Waals surface area contributed by atoms with Crippen molar-refractivity contribution >= 4 is 17.9 Å². The molecule has 0 aliphatic carbocycles. The molecule has 1 N–H and O–H groups in total. The first-order valence-electron chi connectivity index (χ1n) is 9.44. The lowest BCUT2D eigenvalue weighted by Crippen LogP contribution is -2.42. The van der Waals surface area contributed by atoms with E-state index in [1.54, 1.807) is 29.2 Å². The standard InChI is InChI=1S/C23H23N3O2/c24-16-19-8-6-18(7-9-19)10-11-22(27)26-14-12-21(13-15-26)23(28)25-17-20-4-2-1-3-5-20/h1-11,21H,12-15,17H2,(H,25,28). The molecule has 1 heterocycles. The van der Waals surface area contributed by atoms with E-state index in [2.05, 4.69) is 11.4 Å². The first-order chi connectivity index (χ1) is 13.7. The van der Waals surface area contributed by atoms with Crippen molar-refractivity contribution in [3.05, 3.63) is 77.4 Å². The molecule has 1 fully saturated rings. The minimum Gasteiger partial charge on any atom is -0.352 e. The smallest absolute Gasteiger partial charge is 0.246 e. The lowest BCUT2D eigenvalue weighted by molar-refractivity contribution is -0.132. The molecular weight excluding hydrogens is 350 g/mol. The van der Waals surface area contributed by atoms with E-state index < -0.39 is 0 Å². The van der Waals surface area contributed by atoms with Gasteiger partial charge in [-0.2, -0.15) is 5.26 Å². The monoisotopic (exact) mass is 373 g/mol. The maximum absolute atomic E-state index is 12.4. The topological polar surface area (TPSA) is 73.2 Å². The first kappa shape index (κ1) is 19.4. The van der Waals surface area contributed by atoms with Crippen molar-refractivity contribution in [1.82, 2.24) is 10.2 Å². The molecule has 0 aromatic heterocycles. The van der Waals surface area contributed by atoms with Gasteiger partial charge < -0.3 is 10.2 Å². The van der Waals surface area contributed by atoms with Gasteiger partial charge in [0.1, 0.15) is 0 Å². The van der Waals surface area contributed by atoms with Gasteiger partial charge in [0.2, 0.25) is 11.8 Å². The highest BCUT2D eigenvalue weighted by Crippen LogP contribution is 2.18. The van der Waals surface area contributed by atoms with Crippen molar-refractivity contribution in [3.63, 3.8) is 0 Å². The molecule has 5 nitrogen and oxygen atoms in total. The zero-order chi connectivity index (χ0) is 19.8. The summed E-state index contributed by atoms with van der Waals surface area (Å²) in [5.41, 5.74) is 2.55. The molecule has 2 amide bonds. The summed E-state index contributed by atoms with van der Waals surface area (Å²) in [4.78, 5) is 26.5. The number of carbonyl (C=O) groups is 2. The minimum atomic E-state index is -0.0486. The van der Waals surface area contributed by atoms with Crippen LogP contribution in [0.5, 0.6) is 0 Å². The van der Waals surface area contributed by atoms with E-state index >= 15 is 0 Å². The van der Waals surface area contributed by atoms with Gasteiger partial charge in [0.05, 0.1) is 11.6 Å². The van der Waals surface area contributed by atoms with E-state index in [1.807, 2.05) is 42.5 Å². The highest BCUT2D eigenvalue weighted by atomic mass is 16.2. The molecule has 2 aromatic carbocycles. The molecular formula is C23H23N3O2. The fourth-order valence-electron chi connectivity index (χ4n) is 3.23. The molecule has 0 radical (unpaired) electrons. The van der Waals surface area contributed by atoms with Crippen LogP contribution in [0.3, 0.4) is 0 Å². The summed E-state index contributed by atoms with van der Waals surface area (Å²) in [6.45, 7) is 1.70. The van der Waals surface area contributed by atoms with Crippen LogP contribution in [0.1, 0.15) is 29.5 Å². The second-order valence-electron chi connectivity index (χ2n) is 6.87. The van der Waals surface area contributed by atoms with Gasteiger partial charge in [0.15, 0.2) is 0 Å². The van der Waals surface area contributed by atoms with Crippen LogP contribution >= 0.6 is 0 Å². The number of amides is 2. The van der Waals surface area contributed by atoms with Gasteiger partial charge in [0.25, 0.3) is 0 Å². The number of nitrogens with zero attached hydrogens (tertiary/aromatic N) is 2. The Morgan fingerprint density at radius 3 is 2.39 bits per heavy atom. The number of nitriles is 1. The van der Waals surface area contributed by atoms with E-state index in [1.165, 1.54) is 0 Å². The predicted molar refractivity (Wildman–Crippen MR) is 108 cm³/mol. The summed E-state index contributed by atoms with van der Waals surface area (Å²) >= 11 is 0. The molecule has 1 aliphatic heterocycles. The van der Waals surface area contributed by atoms with Gasteiger partial charge in [-0.3, -0.25) is 9.59 Å². The lowest BCUT2D eigenvalue weighted by Gasteiger charge is -2.30. The quantitative estimate of drug-likeness (QED) is 0.819. The lowest BCUT2D eigenvalue weighted by atomic mass is 9.95. The van der Waals surface area contributed by atoms with Crippen LogP contribution in [0.4, 0.5) is 0 Å². The normalized spacial score (nSPS) is 14.6. The maximum Gasteiger partial charge on any atom is 0.246 e. The molecule has 1 aliphatic rings. The average molecular weight is 373 g/mol. The van der Waals surface area contributed by atoms with Crippen LogP contribution in [0.25, 0.3) is 6.08 Å². The molecule has 0 saturated carbocycles. The predicted octanol–water partition coefficient (Wildman–Crippen LogP) is 3.13. The summed E-state index contributed by atoms with van der Waals surface area (Å²) in [5, 5.41) is 11.8. The Morgan fingerprint density at radius 2 is 1.75 bits per heavy atom. The molecule has 28 heavy (non-hydrogen) atoms. The number of likely N-dealkylation sites (tertiary alicyclic amines) is 1. The van der Waals surface area contributed by atoms with Gasteiger partial charge in [-0.15, -0.1) is 0 Å². The van der Waals surface area contributed by atoms with Crippen LogP contribution in [-0.4, -0.2) is 29.8 Å². The van der Waals surface area contributed by atoms with Crippen LogP contribution in [0, 0.1) is 17.2 Å². The summed E-state index contributed by atoms with van der Waals surface area (Å²) in [6.07, 6.45) is 4.66. The Labute approximate surface area is 165 Å². The Hall–Kier alpha value is -3.39. The van der Waals surface area contributed by atoms with E-state index in [4.69, 9.17) is 5.26 Å². The molecule has 142 valence electrons. The highest BCUT2D eigenvalue weighted by molar-refractivity contribution is 5.92. The summed E-state index contributed by atoms with van der Waals surface area (Å²) in [5.74, 6) is -0.0353. The largest absolute Gasteiger partial charge is 0.352 e. The van der Waals surface area contributed by atoms with E-state index in [0.717, 1.165) is 11.1 Å². The zero-order valence-corrected chi connectivity index (χ0v) is 15.7. The Bertz CT molecular complexity index is 874. The van der Waals surface area contributed by atoms with Crippen LogP contribution in [0.2, 0.25) is 0 Å². The van der Waals surface area contributed by atoms with Crippen molar-refractivity contribution < 1.29 is 9.59 Å². The van der Waals surface area contributed by atoms with Crippen LogP contribution in [0.15, 0.2) is 60.7 Å². The Morgan fingerprint density at radius 1 is 1.07 bits per heavy atom. The van der Waals surface area contributed by atoms with Gasteiger partial charge in [-0.1, -0.05) is 42.5 Å². The molecule has 0 unspecified atom stereocenters. The van der Waals surface area contributed by atoms with Crippen molar-refractivity contribution in [1.29, 1.82) is 5.26 Å². The maximum atomic E-state index is 12.4. The molecule has 2 aromatic rings. The zero-order valence-electron chi connectivity index (χ0n) is 15.7. The molecule has 0 bridgehead atoms. The van der Waals surface area contributed by atoms with Crippen molar-refractivity contribution in [3.8, 4) is 6.07 Å². The second-order valence-corrected chi connectivity index (χ2v) is 6.87. The van der Waals surface area contributed by atoms with Crippen molar-refractivity contribution in [2.24, 2.45) is 5.92 Å². The number of piperidine rings is 1.